The zero-order chi connectivity index (χ0) is 26.2. The van der Waals surface area contributed by atoms with E-state index < -0.39 is 34.3 Å². The highest BCUT2D eigenvalue weighted by atomic mass is 35.5. The molecule has 0 saturated carbocycles. The molecule has 2 aromatic carbocycles. The third kappa shape index (κ3) is 8.37. The summed E-state index contributed by atoms with van der Waals surface area (Å²) in [4.78, 5) is 27.8. The molecule has 0 aliphatic rings. The van der Waals surface area contributed by atoms with Crippen LogP contribution in [-0.4, -0.2) is 50.5 Å². The number of anilines is 1. The Morgan fingerprint density at radius 3 is 2.40 bits per heavy atom. The molecule has 11 heteroatoms. The predicted octanol–water partition coefficient (Wildman–Crippen LogP) is 4.62. The van der Waals surface area contributed by atoms with Crippen molar-refractivity contribution in [3.63, 3.8) is 0 Å². The van der Waals surface area contributed by atoms with Crippen LogP contribution in [-0.2, 0) is 26.2 Å². The average Bonchev–Trinajstić information content (AvgIpc) is 2.78. The largest absolute Gasteiger partial charge is 0.354 e. The van der Waals surface area contributed by atoms with Crippen molar-refractivity contribution >= 4 is 50.7 Å². The van der Waals surface area contributed by atoms with Crippen LogP contribution < -0.4 is 9.62 Å². The Morgan fingerprint density at radius 1 is 1.11 bits per heavy atom. The minimum absolute atomic E-state index is 0.00534. The summed E-state index contributed by atoms with van der Waals surface area (Å²) >= 11 is 12.3. The van der Waals surface area contributed by atoms with Gasteiger partial charge in [-0.05, 0) is 48.7 Å². The molecular weight excluding hydrogens is 516 g/mol. The fourth-order valence-corrected chi connectivity index (χ4v) is 4.81. The van der Waals surface area contributed by atoms with Gasteiger partial charge in [-0.25, -0.2) is 12.8 Å². The van der Waals surface area contributed by atoms with Gasteiger partial charge in [0.05, 0.1) is 11.9 Å². The SMILES string of the molecule is CCCCNC(=O)C(CC)N(Cc1ccc(Cl)cc1Cl)C(=O)CN(c1cccc(F)c1)S(C)(=O)=O. The Bertz CT molecular complexity index is 1150. The number of carbonyl (C=O) groups excluding carboxylic acids is 2. The van der Waals surface area contributed by atoms with E-state index in [1.165, 1.54) is 29.2 Å². The second-order valence-corrected chi connectivity index (χ2v) is 10.8. The van der Waals surface area contributed by atoms with Gasteiger partial charge in [0.2, 0.25) is 21.8 Å². The van der Waals surface area contributed by atoms with Crippen LogP contribution in [0, 0.1) is 5.82 Å². The maximum atomic E-state index is 13.8. The molecule has 2 aromatic rings. The second kappa shape index (κ2) is 13.1. The van der Waals surface area contributed by atoms with Gasteiger partial charge in [0.25, 0.3) is 0 Å². The number of hydrogen-bond donors (Lipinski definition) is 1. The third-order valence-corrected chi connectivity index (χ3v) is 7.07. The van der Waals surface area contributed by atoms with Gasteiger partial charge in [0.15, 0.2) is 0 Å². The van der Waals surface area contributed by atoms with Crippen molar-refractivity contribution in [3.8, 4) is 0 Å². The maximum absolute atomic E-state index is 13.8. The Balaban J connectivity index is 2.44. The van der Waals surface area contributed by atoms with Gasteiger partial charge in [-0.2, -0.15) is 0 Å². The van der Waals surface area contributed by atoms with Gasteiger partial charge in [-0.15, -0.1) is 0 Å². The number of amides is 2. The van der Waals surface area contributed by atoms with Crippen molar-refractivity contribution in [2.24, 2.45) is 0 Å². The number of nitrogens with zero attached hydrogens (tertiary/aromatic N) is 2. The Labute approximate surface area is 216 Å². The molecule has 35 heavy (non-hydrogen) atoms. The highest BCUT2D eigenvalue weighted by Gasteiger charge is 2.32. The number of halogens is 3. The second-order valence-electron chi connectivity index (χ2n) is 8.08. The number of benzene rings is 2. The first kappa shape index (κ1) is 28.9. The third-order valence-electron chi connectivity index (χ3n) is 5.35. The molecule has 0 aliphatic heterocycles. The van der Waals surface area contributed by atoms with Crippen LogP contribution in [0.3, 0.4) is 0 Å². The lowest BCUT2D eigenvalue weighted by atomic mass is 10.1. The molecule has 0 heterocycles. The summed E-state index contributed by atoms with van der Waals surface area (Å²) in [5.41, 5.74) is 0.548. The molecule has 1 N–H and O–H groups in total. The zero-order valence-electron chi connectivity index (χ0n) is 19.9. The van der Waals surface area contributed by atoms with Crippen molar-refractivity contribution in [2.45, 2.75) is 45.7 Å². The van der Waals surface area contributed by atoms with Crippen LogP contribution >= 0.6 is 23.2 Å². The van der Waals surface area contributed by atoms with Gasteiger partial charge in [0, 0.05) is 23.1 Å². The normalized spacial score (nSPS) is 12.2. The van der Waals surface area contributed by atoms with Crippen molar-refractivity contribution in [1.82, 2.24) is 10.2 Å². The maximum Gasteiger partial charge on any atom is 0.244 e. The molecule has 0 aromatic heterocycles. The summed E-state index contributed by atoms with van der Waals surface area (Å²) in [6.07, 6.45) is 2.88. The lowest BCUT2D eigenvalue weighted by Crippen LogP contribution is -2.52. The molecule has 7 nitrogen and oxygen atoms in total. The quantitative estimate of drug-likeness (QED) is 0.394. The summed E-state index contributed by atoms with van der Waals surface area (Å²) in [6.45, 7) is 3.54. The molecule has 192 valence electrons. The minimum Gasteiger partial charge on any atom is -0.354 e. The number of hydrogen-bond acceptors (Lipinski definition) is 4. The summed E-state index contributed by atoms with van der Waals surface area (Å²) in [7, 11) is -3.95. The lowest BCUT2D eigenvalue weighted by molar-refractivity contribution is -0.140. The Hall–Kier alpha value is -2.36. The zero-order valence-corrected chi connectivity index (χ0v) is 22.3. The van der Waals surface area contributed by atoms with Gasteiger partial charge in [-0.3, -0.25) is 13.9 Å². The Morgan fingerprint density at radius 2 is 1.83 bits per heavy atom. The fourth-order valence-electron chi connectivity index (χ4n) is 3.50. The van der Waals surface area contributed by atoms with E-state index in [1.54, 1.807) is 19.1 Å². The van der Waals surface area contributed by atoms with E-state index in [4.69, 9.17) is 23.2 Å². The highest BCUT2D eigenvalue weighted by molar-refractivity contribution is 7.92. The molecule has 1 unspecified atom stereocenters. The number of rotatable bonds is 12. The van der Waals surface area contributed by atoms with Crippen LogP contribution in [0.25, 0.3) is 0 Å². The van der Waals surface area contributed by atoms with E-state index in [0.29, 0.717) is 22.2 Å². The molecule has 0 bridgehead atoms. The Kier molecular flexibility index (Phi) is 10.8. The number of nitrogens with one attached hydrogen (secondary N) is 1. The van der Waals surface area contributed by atoms with E-state index in [0.717, 1.165) is 29.5 Å². The van der Waals surface area contributed by atoms with Crippen molar-refractivity contribution < 1.29 is 22.4 Å². The molecule has 2 amide bonds. The van der Waals surface area contributed by atoms with E-state index in [-0.39, 0.29) is 24.6 Å². The number of unbranched alkanes of at least 4 members (excludes halogenated alkanes) is 1. The summed E-state index contributed by atoms with van der Waals surface area (Å²) in [6, 6.07) is 8.87. The van der Waals surface area contributed by atoms with Crippen molar-refractivity contribution in [1.29, 1.82) is 0 Å². The van der Waals surface area contributed by atoms with Crippen LogP contribution in [0.2, 0.25) is 10.0 Å². The van der Waals surface area contributed by atoms with Crippen molar-refractivity contribution in [2.75, 3.05) is 23.7 Å². The highest BCUT2D eigenvalue weighted by Crippen LogP contribution is 2.25. The number of carbonyl (C=O) groups is 2. The molecule has 0 aliphatic carbocycles. The molecule has 1 atom stereocenters. The molecule has 0 radical (unpaired) electrons. The molecular formula is C24H30Cl2FN3O4S. The van der Waals surface area contributed by atoms with Crippen molar-refractivity contribution in [3.05, 3.63) is 63.9 Å². The van der Waals surface area contributed by atoms with Crippen LogP contribution in [0.5, 0.6) is 0 Å². The van der Waals surface area contributed by atoms with Crippen LogP contribution in [0.1, 0.15) is 38.7 Å². The van der Waals surface area contributed by atoms with Crippen LogP contribution in [0.15, 0.2) is 42.5 Å². The topological polar surface area (TPSA) is 86.8 Å². The smallest absolute Gasteiger partial charge is 0.244 e. The average molecular weight is 546 g/mol. The van der Waals surface area contributed by atoms with Gasteiger partial charge >= 0.3 is 0 Å². The summed E-state index contributed by atoms with van der Waals surface area (Å²) < 4.78 is 39.7. The van der Waals surface area contributed by atoms with Gasteiger partial charge < -0.3 is 10.2 Å². The van der Waals surface area contributed by atoms with E-state index in [9.17, 15) is 22.4 Å². The first-order valence-electron chi connectivity index (χ1n) is 11.2. The first-order chi connectivity index (χ1) is 16.5. The molecule has 0 saturated heterocycles. The van der Waals surface area contributed by atoms with E-state index >= 15 is 0 Å². The molecule has 0 spiro atoms. The minimum atomic E-state index is -3.95. The van der Waals surface area contributed by atoms with E-state index in [1.807, 2.05) is 6.92 Å². The first-order valence-corrected chi connectivity index (χ1v) is 13.8. The van der Waals surface area contributed by atoms with Crippen LogP contribution in [0.4, 0.5) is 10.1 Å². The monoisotopic (exact) mass is 545 g/mol. The van der Waals surface area contributed by atoms with E-state index in [2.05, 4.69) is 5.32 Å². The summed E-state index contributed by atoms with van der Waals surface area (Å²) in [5.74, 6) is -1.63. The molecule has 2 rings (SSSR count). The predicted molar refractivity (Wildman–Crippen MR) is 138 cm³/mol. The standard InChI is InChI=1S/C24H30Cl2FN3O4S/c1-4-6-12-28-24(32)22(5-2)29(15-17-10-11-18(25)13-21(17)26)23(31)16-30(35(3,33)34)20-9-7-8-19(27)14-20/h7-11,13-14,22H,4-6,12,15-16H2,1-3H3,(H,28,32). The van der Waals surface area contributed by atoms with Gasteiger partial charge in [0.1, 0.15) is 18.4 Å². The van der Waals surface area contributed by atoms with Gasteiger partial charge in [-0.1, -0.05) is 55.6 Å². The fraction of sp³-hybridized carbons (Fsp3) is 0.417. The molecule has 0 fully saturated rings. The number of sulfonamides is 1. The summed E-state index contributed by atoms with van der Waals surface area (Å²) in [5, 5.41) is 3.55. The lowest BCUT2D eigenvalue weighted by Gasteiger charge is -2.33.